The Morgan fingerprint density at radius 3 is 2.69 bits per heavy atom. The van der Waals surface area contributed by atoms with Gasteiger partial charge in [-0.25, -0.2) is 14.6 Å². The van der Waals surface area contributed by atoms with Crippen molar-refractivity contribution in [1.82, 2.24) is 24.6 Å². The number of halogens is 1. The van der Waals surface area contributed by atoms with Crippen LogP contribution in [0.5, 0.6) is 0 Å². The van der Waals surface area contributed by atoms with Crippen LogP contribution in [-0.2, 0) is 0 Å². The fraction of sp³-hybridized carbons (Fsp3) is 0.414. The van der Waals surface area contributed by atoms with Gasteiger partial charge in [0.15, 0.2) is 0 Å². The van der Waals surface area contributed by atoms with E-state index < -0.39 is 0 Å². The third kappa shape index (κ3) is 7.87. The molecule has 1 aliphatic heterocycles. The molecule has 0 aromatic carbocycles. The summed E-state index contributed by atoms with van der Waals surface area (Å²) >= 11 is 6.22. The van der Waals surface area contributed by atoms with Gasteiger partial charge in [0, 0.05) is 29.9 Å². The van der Waals surface area contributed by atoms with Gasteiger partial charge in [0.1, 0.15) is 0 Å². The van der Waals surface area contributed by atoms with Crippen LogP contribution in [0.2, 0.25) is 0 Å². The Kier molecular flexibility index (Phi) is 10.7. The lowest BCUT2D eigenvalue weighted by molar-refractivity contribution is 0.287. The number of aromatic nitrogens is 4. The predicted octanol–water partition coefficient (Wildman–Crippen LogP) is 7.25. The first-order valence-electron chi connectivity index (χ1n) is 12.6. The molecule has 0 bridgehead atoms. The van der Waals surface area contributed by atoms with Crippen molar-refractivity contribution in [3.8, 4) is 5.95 Å². The van der Waals surface area contributed by atoms with Crippen molar-refractivity contribution in [3.63, 3.8) is 0 Å². The largest absolute Gasteiger partial charge is 0.303 e. The van der Waals surface area contributed by atoms with E-state index in [9.17, 15) is 0 Å². The maximum absolute atomic E-state index is 6.22. The van der Waals surface area contributed by atoms with Gasteiger partial charge in [-0.2, -0.15) is 5.10 Å². The average Bonchev–Trinajstić information content (AvgIpc) is 3.19. The summed E-state index contributed by atoms with van der Waals surface area (Å²) in [4.78, 5) is 11.6. The number of allylic oxidation sites excluding steroid dienone is 8. The van der Waals surface area contributed by atoms with E-state index in [1.165, 1.54) is 11.3 Å². The van der Waals surface area contributed by atoms with Gasteiger partial charge in [-0.05, 0) is 88.4 Å². The van der Waals surface area contributed by atoms with E-state index in [-0.39, 0.29) is 0 Å². The molecule has 1 aliphatic rings. The lowest BCUT2D eigenvalue weighted by Crippen LogP contribution is -2.26. The van der Waals surface area contributed by atoms with Gasteiger partial charge in [-0.1, -0.05) is 55.5 Å². The van der Waals surface area contributed by atoms with Crippen molar-refractivity contribution in [2.24, 2.45) is 0 Å². The van der Waals surface area contributed by atoms with E-state index >= 15 is 0 Å². The summed E-state index contributed by atoms with van der Waals surface area (Å²) in [7, 11) is 0. The van der Waals surface area contributed by atoms with Crippen LogP contribution in [0, 0.1) is 0 Å². The molecule has 35 heavy (non-hydrogen) atoms. The van der Waals surface area contributed by atoms with Gasteiger partial charge < -0.3 is 4.90 Å². The Bertz CT molecular complexity index is 1080. The zero-order chi connectivity index (χ0) is 25.0. The monoisotopic (exact) mass is 491 g/mol. The van der Waals surface area contributed by atoms with Gasteiger partial charge in [0.05, 0.1) is 11.4 Å². The summed E-state index contributed by atoms with van der Waals surface area (Å²) in [6.07, 6.45) is 21.1. The molecule has 0 amide bonds. The molecule has 0 radical (unpaired) electrons. The molecule has 0 N–H and O–H groups in total. The molecule has 2 aromatic heterocycles. The summed E-state index contributed by atoms with van der Waals surface area (Å²) in [5, 5.41) is 5.76. The van der Waals surface area contributed by atoms with Crippen LogP contribution in [0.1, 0.15) is 70.2 Å². The predicted molar refractivity (Wildman–Crippen MR) is 148 cm³/mol. The van der Waals surface area contributed by atoms with Crippen LogP contribution in [0.3, 0.4) is 0 Å². The highest BCUT2D eigenvalue weighted by Crippen LogP contribution is 2.31. The zero-order valence-electron chi connectivity index (χ0n) is 21.3. The Morgan fingerprint density at radius 2 is 1.97 bits per heavy atom. The number of hydrogen-bond donors (Lipinski definition) is 0. The Morgan fingerprint density at radius 1 is 1.17 bits per heavy atom. The summed E-state index contributed by atoms with van der Waals surface area (Å²) in [6, 6.07) is 4.05. The van der Waals surface area contributed by atoms with Gasteiger partial charge in [0.2, 0.25) is 0 Å². The van der Waals surface area contributed by atoms with Crippen LogP contribution in [-0.4, -0.2) is 44.3 Å². The standard InChI is InChI=1S/C29H38ClN5/c1-5-10-24(11-6-2)15-20-34-19-8-12-25(16-21-34)28-22-27(23(4)13-14-26(30)7-3)33-35(28)29-31-17-9-18-32-29/h5-6,9-11,13-14,17-18,22,25H,1,7-8,12,15-16,19-21H2,2-4H3/b11-6-,23-13+,24-10+,26-14+. The van der Waals surface area contributed by atoms with Gasteiger partial charge in [0.25, 0.3) is 5.95 Å². The molecular weight excluding hydrogens is 454 g/mol. The summed E-state index contributed by atoms with van der Waals surface area (Å²) < 4.78 is 1.94. The lowest BCUT2D eigenvalue weighted by Gasteiger charge is -2.20. The van der Waals surface area contributed by atoms with E-state index in [1.807, 2.05) is 35.9 Å². The fourth-order valence-electron chi connectivity index (χ4n) is 4.41. The molecule has 1 atom stereocenters. The number of nitrogens with zero attached hydrogens (tertiary/aromatic N) is 5. The molecular formula is C29H38ClN5. The third-order valence-electron chi connectivity index (χ3n) is 6.40. The van der Waals surface area contributed by atoms with Gasteiger partial charge in [-0.15, -0.1) is 0 Å². The number of rotatable bonds is 10. The first-order valence-corrected chi connectivity index (χ1v) is 13.0. The fourth-order valence-corrected chi connectivity index (χ4v) is 4.47. The van der Waals surface area contributed by atoms with E-state index in [4.69, 9.17) is 16.7 Å². The van der Waals surface area contributed by atoms with Crippen LogP contribution >= 0.6 is 11.6 Å². The molecule has 3 rings (SSSR count). The van der Waals surface area contributed by atoms with Crippen LogP contribution in [0.15, 0.2) is 78.2 Å². The molecule has 5 nitrogen and oxygen atoms in total. The van der Waals surface area contributed by atoms with Crippen molar-refractivity contribution < 1.29 is 0 Å². The van der Waals surface area contributed by atoms with E-state index in [2.05, 4.69) is 59.6 Å². The highest BCUT2D eigenvalue weighted by molar-refractivity contribution is 6.29. The second-order valence-electron chi connectivity index (χ2n) is 8.93. The van der Waals surface area contributed by atoms with Crippen molar-refractivity contribution >= 4 is 17.2 Å². The summed E-state index contributed by atoms with van der Waals surface area (Å²) in [5.41, 5.74) is 4.53. The van der Waals surface area contributed by atoms with Crippen LogP contribution in [0.4, 0.5) is 0 Å². The van der Waals surface area contributed by atoms with E-state index in [1.54, 1.807) is 12.4 Å². The molecule has 1 saturated heterocycles. The van der Waals surface area contributed by atoms with Crippen molar-refractivity contribution in [2.75, 3.05) is 19.6 Å². The summed E-state index contributed by atoms with van der Waals surface area (Å²) in [5.74, 6) is 1.03. The highest BCUT2D eigenvalue weighted by atomic mass is 35.5. The third-order valence-corrected chi connectivity index (χ3v) is 6.80. The lowest BCUT2D eigenvalue weighted by atomic mass is 9.96. The smallest absolute Gasteiger partial charge is 0.250 e. The second kappa shape index (κ2) is 14.0. The SMILES string of the molecule is C=C/C=C(\C=C/C)CCN1CCCC(c2cc(/C(C)=C/C=C(/Cl)CC)nn2-c2ncccn2)CC1. The van der Waals surface area contributed by atoms with Crippen LogP contribution < -0.4 is 0 Å². The zero-order valence-corrected chi connectivity index (χ0v) is 22.1. The molecule has 6 heteroatoms. The van der Waals surface area contributed by atoms with E-state index in [0.717, 1.165) is 68.0 Å². The van der Waals surface area contributed by atoms with Crippen molar-refractivity contribution in [2.45, 2.75) is 58.8 Å². The molecule has 1 unspecified atom stereocenters. The minimum absolute atomic E-state index is 0.409. The minimum Gasteiger partial charge on any atom is -0.303 e. The Balaban J connectivity index is 1.80. The van der Waals surface area contributed by atoms with Gasteiger partial charge in [-0.3, -0.25) is 0 Å². The highest BCUT2D eigenvalue weighted by Gasteiger charge is 2.24. The molecule has 2 aromatic rings. The van der Waals surface area contributed by atoms with Crippen molar-refractivity contribution in [3.05, 3.63) is 89.6 Å². The first-order chi connectivity index (χ1) is 17.0. The Labute approximate surface area is 215 Å². The number of likely N-dealkylation sites (tertiary alicyclic amines) is 1. The average molecular weight is 492 g/mol. The minimum atomic E-state index is 0.409. The molecule has 0 aliphatic carbocycles. The molecule has 1 fully saturated rings. The Hall–Kier alpha value is -2.76. The first kappa shape index (κ1) is 26.8. The molecule has 3 heterocycles. The summed E-state index contributed by atoms with van der Waals surface area (Å²) in [6.45, 7) is 13.3. The number of hydrogen-bond acceptors (Lipinski definition) is 4. The maximum Gasteiger partial charge on any atom is 0.250 e. The van der Waals surface area contributed by atoms with Crippen molar-refractivity contribution in [1.29, 1.82) is 0 Å². The quantitative estimate of drug-likeness (QED) is 0.328. The second-order valence-corrected chi connectivity index (χ2v) is 9.41. The van der Waals surface area contributed by atoms with Gasteiger partial charge >= 0.3 is 0 Å². The topological polar surface area (TPSA) is 46.8 Å². The maximum atomic E-state index is 6.22. The normalized spacial score (nSPS) is 18.7. The molecule has 186 valence electrons. The molecule has 0 saturated carbocycles. The van der Waals surface area contributed by atoms with Crippen LogP contribution in [0.25, 0.3) is 11.5 Å². The van der Waals surface area contributed by atoms with E-state index in [0.29, 0.717) is 11.9 Å². The molecule has 0 spiro atoms.